The van der Waals surface area contributed by atoms with Gasteiger partial charge in [0.2, 0.25) is 5.91 Å². The smallest absolute Gasteiger partial charge is 0.230 e. The molecule has 3 rings (SSSR count). The molecule has 21 heavy (non-hydrogen) atoms. The number of amides is 1. The number of nitrogens with two attached hydrogens (primary N) is 1. The molecule has 2 fully saturated rings. The Hall–Kier alpha value is -1.35. The van der Waals surface area contributed by atoms with Crippen molar-refractivity contribution < 1.29 is 4.79 Å². The molecule has 0 radical (unpaired) electrons. The topological polar surface area (TPSA) is 46.3 Å². The molecule has 1 aromatic carbocycles. The Morgan fingerprint density at radius 3 is 2.57 bits per heavy atom. The lowest BCUT2D eigenvalue weighted by molar-refractivity contribution is -0.142. The van der Waals surface area contributed by atoms with Gasteiger partial charge in [0.15, 0.2) is 0 Å². The van der Waals surface area contributed by atoms with E-state index in [1.807, 2.05) is 6.07 Å². The average Bonchev–Trinajstić information content (AvgIpc) is 3.15. The summed E-state index contributed by atoms with van der Waals surface area (Å²) in [7, 11) is 0. The first kappa shape index (κ1) is 14.6. The van der Waals surface area contributed by atoms with E-state index in [0.717, 1.165) is 38.6 Å². The Kier molecular flexibility index (Phi) is 4.03. The van der Waals surface area contributed by atoms with Crippen LogP contribution in [0.25, 0.3) is 0 Å². The van der Waals surface area contributed by atoms with Crippen LogP contribution in [0.1, 0.15) is 50.5 Å². The standard InChI is InChI=1S/C18H26N2O/c1-14-11-16(15-7-3-2-4-8-15)12-20(14)17(21)18(13-19)9-5-6-10-18/h2-4,7-8,14,16H,5-6,9-13,19H2,1H3/t14-,16-/m0/s1. The van der Waals surface area contributed by atoms with Gasteiger partial charge in [0, 0.05) is 25.0 Å². The second-order valence-corrected chi connectivity index (χ2v) is 6.84. The quantitative estimate of drug-likeness (QED) is 0.928. The van der Waals surface area contributed by atoms with Gasteiger partial charge in [0.05, 0.1) is 5.41 Å². The molecule has 2 atom stereocenters. The van der Waals surface area contributed by atoms with E-state index < -0.39 is 0 Å². The van der Waals surface area contributed by atoms with Crippen LogP contribution in [-0.2, 0) is 4.79 Å². The van der Waals surface area contributed by atoms with Crippen LogP contribution in [0, 0.1) is 5.41 Å². The van der Waals surface area contributed by atoms with Crippen LogP contribution in [0.15, 0.2) is 30.3 Å². The molecule has 1 saturated heterocycles. The maximum atomic E-state index is 13.0. The highest BCUT2D eigenvalue weighted by Crippen LogP contribution is 2.42. The van der Waals surface area contributed by atoms with Crippen LogP contribution in [0.2, 0.25) is 0 Å². The minimum atomic E-state index is -0.264. The minimum absolute atomic E-state index is 0.264. The molecule has 1 amide bonds. The molecule has 0 unspecified atom stereocenters. The van der Waals surface area contributed by atoms with Crippen molar-refractivity contribution >= 4 is 5.91 Å². The van der Waals surface area contributed by atoms with Crippen LogP contribution < -0.4 is 5.73 Å². The maximum absolute atomic E-state index is 13.0. The second kappa shape index (κ2) is 5.80. The van der Waals surface area contributed by atoms with Gasteiger partial charge in [-0.15, -0.1) is 0 Å². The summed E-state index contributed by atoms with van der Waals surface area (Å²) in [4.78, 5) is 15.1. The van der Waals surface area contributed by atoms with Crippen molar-refractivity contribution in [3.63, 3.8) is 0 Å². The van der Waals surface area contributed by atoms with Crippen molar-refractivity contribution in [3.8, 4) is 0 Å². The lowest BCUT2D eigenvalue weighted by Gasteiger charge is -2.33. The lowest BCUT2D eigenvalue weighted by atomic mass is 9.84. The molecule has 2 aliphatic rings. The van der Waals surface area contributed by atoms with Gasteiger partial charge >= 0.3 is 0 Å². The maximum Gasteiger partial charge on any atom is 0.230 e. The van der Waals surface area contributed by atoms with E-state index >= 15 is 0 Å². The molecule has 1 aliphatic heterocycles. The highest BCUT2D eigenvalue weighted by Gasteiger charge is 2.45. The number of likely N-dealkylation sites (tertiary alicyclic amines) is 1. The van der Waals surface area contributed by atoms with Crippen molar-refractivity contribution in [2.75, 3.05) is 13.1 Å². The van der Waals surface area contributed by atoms with E-state index in [0.29, 0.717) is 24.4 Å². The number of hydrogen-bond acceptors (Lipinski definition) is 2. The summed E-state index contributed by atoms with van der Waals surface area (Å²) in [5.41, 5.74) is 7.07. The molecule has 0 bridgehead atoms. The SMILES string of the molecule is C[C@H]1C[C@H](c2ccccc2)CN1C(=O)C1(CN)CCCC1. The zero-order valence-corrected chi connectivity index (χ0v) is 12.9. The van der Waals surface area contributed by atoms with Gasteiger partial charge in [-0.2, -0.15) is 0 Å². The predicted octanol–water partition coefficient (Wildman–Crippen LogP) is 2.91. The molecule has 3 heteroatoms. The molecule has 1 saturated carbocycles. The van der Waals surface area contributed by atoms with Crippen LogP contribution >= 0.6 is 0 Å². The molecule has 0 aromatic heterocycles. The summed E-state index contributed by atoms with van der Waals surface area (Å²) >= 11 is 0. The molecule has 2 N–H and O–H groups in total. The predicted molar refractivity (Wildman–Crippen MR) is 84.9 cm³/mol. The molecular weight excluding hydrogens is 260 g/mol. The van der Waals surface area contributed by atoms with Crippen molar-refractivity contribution in [2.24, 2.45) is 11.1 Å². The van der Waals surface area contributed by atoms with Gasteiger partial charge < -0.3 is 10.6 Å². The average molecular weight is 286 g/mol. The summed E-state index contributed by atoms with van der Waals surface area (Å²) in [5, 5.41) is 0. The first-order valence-electron chi connectivity index (χ1n) is 8.22. The molecular formula is C18H26N2O. The number of benzene rings is 1. The summed E-state index contributed by atoms with van der Waals surface area (Å²) in [6, 6.07) is 10.9. The van der Waals surface area contributed by atoms with Gasteiger partial charge in [-0.3, -0.25) is 4.79 Å². The van der Waals surface area contributed by atoms with Gasteiger partial charge in [0.1, 0.15) is 0 Å². The highest BCUT2D eigenvalue weighted by atomic mass is 16.2. The van der Waals surface area contributed by atoms with E-state index in [9.17, 15) is 4.79 Å². The number of hydrogen-bond donors (Lipinski definition) is 1. The fourth-order valence-electron chi connectivity index (χ4n) is 4.14. The largest absolute Gasteiger partial charge is 0.339 e. The van der Waals surface area contributed by atoms with E-state index in [1.165, 1.54) is 5.56 Å². The van der Waals surface area contributed by atoms with Gasteiger partial charge in [-0.05, 0) is 31.7 Å². The zero-order chi connectivity index (χ0) is 14.9. The van der Waals surface area contributed by atoms with E-state index in [2.05, 4.69) is 36.1 Å². The Morgan fingerprint density at radius 1 is 1.29 bits per heavy atom. The lowest BCUT2D eigenvalue weighted by Crippen LogP contribution is -2.47. The fourth-order valence-corrected chi connectivity index (χ4v) is 4.14. The van der Waals surface area contributed by atoms with Crippen LogP contribution in [0.4, 0.5) is 0 Å². The summed E-state index contributed by atoms with van der Waals surface area (Å²) in [6.45, 7) is 3.54. The first-order chi connectivity index (χ1) is 10.2. The summed E-state index contributed by atoms with van der Waals surface area (Å²) < 4.78 is 0. The number of carbonyl (C=O) groups excluding carboxylic acids is 1. The minimum Gasteiger partial charge on any atom is -0.339 e. The van der Waals surface area contributed by atoms with Crippen LogP contribution in [0.5, 0.6) is 0 Å². The normalized spacial score (nSPS) is 28.0. The number of nitrogens with zero attached hydrogens (tertiary/aromatic N) is 1. The third-order valence-corrected chi connectivity index (χ3v) is 5.51. The molecule has 3 nitrogen and oxygen atoms in total. The molecule has 114 valence electrons. The number of carbonyl (C=O) groups is 1. The van der Waals surface area contributed by atoms with Crippen LogP contribution in [-0.4, -0.2) is 29.9 Å². The second-order valence-electron chi connectivity index (χ2n) is 6.84. The van der Waals surface area contributed by atoms with Crippen molar-refractivity contribution in [1.29, 1.82) is 0 Å². The first-order valence-corrected chi connectivity index (χ1v) is 8.22. The van der Waals surface area contributed by atoms with Crippen molar-refractivity contribution in [3.05, 3.63) is 35.9 Å². The summed E-state index contributed by atoms with van der Waals surface area (Å²) in [5.74, 6) is 0.787. The molecule has 1 heterocycles. The number of rotatable bonds is 3. The Bertz CT molecular complexity index is 493. The van der Waals surface area contributed by atoms with Gasteiger partial charge in [-0.25, -0.2) is 0 Å². The van der Waals surface area contributed by atoms with Crippen molar-refractivity contribution in [2.45, 2.75) is 51.0 Å². The van der Waals surface area contributed by atoms with Gasteiger partial charge in [0.25, 0.3) is 0 Å². The van der Waals surface area contributed by atoms with Gasteiger partial charge in [-0.1, -0.05) is 43.2 Å². The monoisotopic (exact) mass is 286 g/mol. The molecule has 1 aromatic rings. The summed E-state index contributed by atoms with van der Waals surface area (Å²) in [6.07, 6.45) is 5.31. The van der Waals surface area contributed by atoms with Crippen LogP contribution in [0.3, 0.4) is 0 Å². The van der Waals surface area contributed by atoms with Crippen molar-refractivity contribution in [1.82, 2.24) is 4.90 Å². The Balaban J connectivity index is 1.76. The highest BCUT2D eigenvalue weighted by molar-refractivity contribution is 5.84. The molecule has 0 spiro atoms. The third-order valence-electron chi connectivity index (χ3n) is 5.51. The molecule has 1 aliphatic carbocycles. The fraction of sp³-hybridized carbons (Fsp3) is 0.611. The Morgan fingerprint density at radius 2 is 1.95 bits per heavy atom. The third kappa shape index (κ3) is 2.59. The van der Waals surface area contributed by atoms with E-state index in [-0.39, 0.29) is 5.41 Å². The Labute approximate surface area is 127 Å². The zero-order valence-electron chi connectivity index (χ0n) is 12.9. The van der Waals surface area contributed by atoms with E-state index in [4.69, 9.17) is 5.73 Å². The van der Waals surface area contributed by atoms with E-state index in [1.54, 1.807) is 0 Å².